The minimum absolute atomic E-state index is 0.0423. The van der Waals surface area contributed by atoms with Crippen LogP contribution in [0.2, 0.25) is 0 Å². The van der Waals surface area contributed by atoms with Crippen molar-refractivity contribution in [3.05, 3.63) is 0 Å². The highest BCUT2D eigenvalue weighted by molar-refractivity contribution is 5.91. The van der Waals surface area contributed by atoms with E-state index in [0.717, 1.165) is 6.42 Å². The molecule has 17 heavy (non-hydrogen) atoms. The number of hydrogen-bond donors (Lipinski definition) is 3. The molecular formula is C11H16N2O4. The summed E-state index contributed by atoms with van der Waals surface area (Å²) in [6.07, 6.45) is 3.15. The summed E-state index contributed by atoms with van der Waals surface area (Å²) in [5.74, 6) is -1.27. The molecule has 2 rings (SSSR count). The second-order valence-corrected chi connectivity index (χ2v) is 4.85. The van der Waals surface area contributed by atoms with Gasteiger partial charge in [-0.2, -0.15) is 0 Å². The monoisotopic (exact) mass is 240 g/mol. The lowest BCUT2D eigenvalue weighted by Crippen LogP contribution is -2.58. The summed E-state index contributed by atoms with van der Waals surface area (Å²) >= 11 is 0. The molecule has 0 aromatic carbocycles. The maximum Gasteiger partial charge on any atom is 0.305 e. The lowest BCUT2D eigenvalue weighted by molar-refractivity contribution is -0.140. The summed E-state index contributed by atoms with van der Waals surface area (Å²) < 4.78 is 0. The Morgan fingerprint density at radius 2 is 2.18 bits per heavy atom. The molecule has 0 radical (unpaired) electrons. The number of rotatable bonds is 4. The molecule has 1 atom stereocenters. The third-order valence-corrected chi connectivity index (χ3v) is 3.50. The molecular weight excluding hydrogens is 224 g/mol. The van der Waals surface area contributed by atoms with Gasteiger partial charge in [-0.3, -0.25) is 14.4 Å². The zero-order valence-corrected chi connectivity index (χ0v) is 9.49. The number of carbonyl (C=O) groups is 3. The molecule has 2 amide bonds. The van der Waals surface area contributed by atoms with E-state index < -0.39 is 17.6 Å². The van der Waals surface area contributed by atoms with Crippen molar-refractivity contribution < 1.29 is 19.5 Å². The maximum absolute atomic E-state index is 11.9. The lowest BCUT2D eigenvalue weighted by Gasteiger charge is -2.42. The number of carboxylic acid groups (broad SMARTS) is 1. The van der Waals surface area contributed by atoms with Gasteiger partial charge in [0.2, 0.25) is 11.8 Å². The Morgan fingerprint density at radius 1 is 1.47 bits per heavy atom. The zero-order valence-electron chi connectivity index (χ0n) is 9.49. The smallest absolute Gasteiger partial charge is 0.305 e. The number of carbonyl (C=O) groups excluding carboxylic acids is 2. The molecule has 6 nitrogen and oxygen atoms in total. The fourth-order valence-electron chi connectivity index (χ4n) is 2.40. The molecule has 1 saturated heterocycles. The van der Waals surface area contributed by atoms with E-state index in [4.69, 9.17) is 5.11 Å². The van der Waals surface area contributed by atoms with Crippen molar-refractivity contribution in [1.82, 2.24) is 10.6 Å². The first-order chi connectivity index (χ1) is 8.01. The van der Waals surface area contributed by atoms with Crippen LogP contribution in [0, 0.1) is 0 Å². The van der Waals surface area contributed by atoms with Gasteiger partial charge in [-0.1, -0.05) is 0 Å². The summed E-state index contributed by atoms with van der Waals surface area (Å²) in [6, 6.07) is -0.492. The van der Waals surface area contributed by atoms with Gasteiger partial charge in [-0.25, -0.2) is 0 Å². The minimum atomic E-state index is -0.902. The second kappa shape index (κ2) is 4.35. The van der Waals surface area contributed by atoms with Gasteiger partial charge in [-0.05, 0) is 25.7 Å². The van der Waals surface area contributed by atoms with Gasteiger partial charge in [0, 0.05) is 6.42 Å². The summed E-state index contributed by atoms with van der Waals surface area (Å²) in [6.45, 7) is 0. The second-order valence-electron chi connectivity index (χ2n) is 4.85. The Bertz CT molecular complexity index is 362. The molecule has 1 aliphatic heterocycles. The summed E-state index contributed by atoms with van der Waals surface area (Å²) in [5, 5.41) is 14.2. The van der Waals surface area contributed by atoms with Crippen LogP contribution in [0.3, 0.4) is 0 Å². The van der Waals surface area contributed by atoms with Crippen molar-refractivity contribution in [2.45, 2.75) is 50.1 Å². The Kier molecular flexibility index (Phi) is 3.04. The molecule has 3 N–H and O–H groups in total. The van der Waals surface area contributed by atoms with Crippen LogP contribution in [0.4, 0.5) is 0 Å². The van der Waals surface area contributed by atoms with Crippen LogP contribution in [-0.4, -0.2) is 34.5 Å². The van der Waals surface area contributed by atoms with Crippen molar-refractivity contribution in [3.8, 4) is 0 Å². The van der Waals surface area contributed by atoms with Crippen LogP contribution >= 0.6 is 0 Å². The Labute approximate surface area is 98.8 Å². The normalized spacial score (nSPS) is 25.9. The van der Waals surface area contributed by atoms with Gasteiger partial charge < -0.3 is 15.7 Å². The van der Waals surface area contributed by atoms with Crippen molar-refractivity contribution in [3.63, 3.8) is 0 Å². The number of hydrogen-bond acceptors (Lipinski definition) is 3. The molecule has 6 heteroatoms. The predicted molar refractivity (Wildman–Crippen MR) is 58.1 cm³/mol. The largest absolute Gasteiger partial charge is 0.481 e. The summed E-state index contributed by atoms with van der Waals surface area (Å²) in [5.41, 5.74) is -0.587. The van der Waals surface area contributed by atoms with E-state index in [-0.39, 0.29) is 18.2 Å². The molecule has 1 saturated carbocycles. The van der Waals surface area contributed by atoms with Gasteiger partial charge in [0.1, 0.15) is 6.04 Å². The molecule has 1 heterocycles. The molecule has 0 spiro atoms. The van der Waals surface area contributed by atoms with Crippen LogP contribution in [0.5, 0.6) is 0 Å². The standard InChI is InChI=1S/C11H16N2O4/c14-8-3-2-7(12-8)10(17)13-11(4-1-5-11)6-9(15)16/h7H,1-6H2,(H,12,14)(H,13,17)(H,15,16). The highest BCUT2D eigenvalue weighted by atomic mass is 16.4. The van der Waals surface area contributed by atoms with E-state index in [1.54, 1.807) is 0 Å². The van der Waals surface area contributed by atoms with E-state index in [1.165, 1.54) is 0 Å². The number of nitrogens with one attached hydrogen (secondary N) is 2. The average molecular weight is 240 g/mol. The predicted octanol–water partition coefficient (Wildman–Crippen LogP) is -0.221. The minimum Gasteiger partial charge on any atom is -0.481 e. The first-order valence-corrected chi connectivity index (χ1v) is 5.84. The van der Waals surface area contributed by atoms with Gasteiger partial charge in [0.05, 0.1) is 12.0 Å². The van der Waals surface area contributed by atoms with E-state index in [1.807, 2.05) is 0 Å². The van der Waals surface area contributed by atoms with E-state index in [9.17, 15) is 14.4 Å². The maximum atomic E-state index is 11.9. The first kappa shape index (κ1) is 11.9. The van der Waals surface area contributed by atoms with Gasteiger partial charge in [0.25, 0.3) is 0 Å². The van der Waals surface area contributed by atoms with Gasteiger partial charge in [0.15, 0.2) is 0 Å². The third-order valence-electron chi connectivity index (χ3n) is 3.50. The topological polar surface area (TPSA) is 95.5 Å². The van der Waals surface area contributed by atoms with E-state index in [0.29, 0.717) is 25.7 Å². The molecule has 94 valence electrons. The Morgan fingerprint density at radius 3 is 2.59 bits per heavy atom. The lowest BCUT2D eigenvalue weighted by atomic mass is 9.74. The summed E-state index contributed by atoms with van der Waals surface area (Å²) in [4.78, 5) is 33.6. The molecule has 1 unspecified atom stereocenters. The van der Waals surface area contributed by atoms with E-state index in [2.05, 4.69) is 10.6 Å². The Hall–Kier alpha value is -1.59. The van der Waals surface area contributed by atoms with Crippen molar-refractivity contribution >= 4 is 17.8 Å². The number of amides is 2. The Balaban J connectivity index is 1.92. The van der Waals surface area contributed by atoms with Crippen LogP contribution in [0.1, 0.15) is 38.5 Å². The molecule has 1 aliphatic carbocycles. The molecule has 2 aliphatic rings. The molecule has 0 aromatic rings. The highest BCUT2D eigenvalue weighted by Gasteiger charge is 2.42. The third kappa shape index (κ3) is 2.57. The molecule has 0 aromatic heterocycles. The van der Waals surface area contributed by atoms with E-state index >= 15 is 0 Å². The zero-order chi connectivity index (χ0) is 12.5. The fourth-order valence-corrected chi connectivity index (χ4v) is 2.40. The first-order valence-electron chi connectivity index (χ1n) is 5.84. The fraction of sp³-hybridized carbons (Fsp3) is 0.727. The van der Waals surface area contributed by atoms with Gasteiger partial charge >= 0.3 is 5.97 Å². The van der Waals surface area contributed by atoms with Crippen LogP contribution < -0.4 is 10.6 Å². The van der Waals surface area contributed by atoms with Crippen LogP contribution in [0.25, 0.3) is 0 Å². The van der Waals surface area contributed by atoms with Crippen molar-refractivity contribution in [2.75, 3.05) is 0 Å². The summed E-state index contributed by atoms with van der Waals surface area (Å²) in [7, 11) is 0. The average Bonchev–Trinajstić information content (AvgIpc) is 2.60. The van der Waals surface area contributed by atoms with Crippen molar-refractivity contribution in [1.29, 1.82) is 0 Å². The molecule has 2 fully saturated rings. The van der Waals surface area contributed by atoms with Crippen LogP contribution in [-0.2, 0) is 14.4 Å². The SMILES string of the molecule is O=C(O)CC1(NC(=O)C2CCC(=O)N2)CCC1. The van der Waals surface area contributed by atoms with Crippen molar-refractivity contribution in [2.24, 2.45) is 0 Å². The quantitative estimate of drug-likeness (QED) is 0.633. The molecule has 0 bridgehead atoms. The number of carboxylic acids is 1. The number of aliphatic carboxylic acids is 1. The highest BCUT2D eigenvalue weighted by Crippen LogP contribution is 2.35. The van der Waals surface area contributed by atoms with Gasteiger partial charge in [-0.15, -0.1) is 0 Å². The van der Waals surface area contributed by atoms with Crippen LogP contribution in [0.15, 0.2) is 0 Å².